The summed E-state index contributed by atoms with van der Waals surface area (Å²) in [6, 6.07) is 16.0. The number of methoxy groups -OCH3 is 1. The van der Waals surface area contributed by atoms with E-state index in [4.69, 9.17) is 9.72 Å². The van der Waals surface area contributed by atoms with E-state index in [0.717, 1.165) is 45.5 Å². The second-order valence-corrected chi connectivity index (χ2v) is 6.73. The minimum atomic E-state index is 0.637. The van der Waals surface area contributed by atoms with Crippen molar-refractivity contribution in [3.05, 3.63) is 78.9 Å². The maximum absolute atomic E-state index is 5.27. The molecular formula is C23H23N5O. The zero-order valence-corrected chi connectivity index (χ0v) is 16.8. The van der Waals surface area contributed by atoms with Gasteiger partial charge in [-0.05, 0) is 49.7 Å². The number of benzene rings is 2. The predicted octanol–water partition coefficient (Wildman–Crippen LogP) is 4.63. The largest absolute Gasteiger partial charge is 0.497 e. The van der Waals surface area contributed by atoms with Crippen LogP contribution < -0.4 is 9.64 Å². The quantitative estimate of drug-likeness (QED) is 0.453. The predicted molar refractivity (Wildman–Crippen MR) is 116 cm³/mol. The zero-order chi connectivity index (χ0) is 20.4. The molecule has 0 fully saturated rings. The van der Waals surface area contributed by atoms with Gasteiger partial charge in [0.05, 0.1) is 18.1 Å². The lowest BCUT2D eigenvalue weighted by Gasteiger charge is -2.23. The second kappa shape index (κ2) is 7.75. The van der Waals surface area contributed by atoms with Crippen LogP contribution in [0.15, 0.2) is 67.5 Å². The van der Waals surface area contributed by atoms with Gasteiger partial charge >= 0.3 is 0 Å². The topological polar surface area (TPSA) is 56.1 Å². The van der Waals surface area contributed by atoms with Crippen LogP contribution in [0.5, 0.6) is 5.75 Å². The number of rotatable bonds is 6. The normalized spacial score (nSPS) is 10.9. The minimum Gasteiger partial charge on any atom is -0.497 e. The van der Waals surface area contributed by atoms with Gasteiger partial charge in [-0.1, -0.05) is 18.2 Å². The zero-order valence-electron chi connectivity index (χ0n) is 16.8. The van der Waals surface area contributed by atoms with Crippen LogP contribution in [0.25, 0.3) is 16.9 Å². The molecule has 0 aliphatic rings. The maximum Gasteiger partial charge on any atom is 0.147 e. The Balaban J connectivity index is 1.88. The smallest absolute Gasteiger partial charge is 0.147 e. The van der Waals surface area contributed by atoms with E-state index in [1.54, 1.807) is 13.4 Å². The molecule has 0 spiro atoms. The number of aromatic nitrogens is 4. The fraction of sp³-hybridized carbons (Fsp3) is 0.174. The summed E-state index contributed by atoms with van der Waals surface area (Å²) in [5, 5.41) is 0. The Morgan fingerprint density at radius 1 is 1.10 bits per heavy atom. The van der Waals surface area contributed by atoms with Crippen molar-refractivity contribution in [2.24, 2.45) is 0 Å². The number of anilines is 2. The van der Waals surface area contributed by atoms with Crippen molar-refractivity contribution in [2.45, 2.75) is 13.3 Å². The molecule has 0 aliphatic heterocycles. The highest BCUT2D eigenvalue weighted by Gasteiger charge is 2.19. The molecular weight excluding hydrogens is 362 g/mol. The van der Waals surface area contributed by atoms with Crippen molar-refractivity contribution in [3.8, 4) is 11.6 Å². The number of imidazole rings is 1. The molecule has 2 aromatic heterocycles. The Labute approximate surface area is 170 Å². The van der Waals surface area contributed by atoms with Crippen LogP contribution >= 0.6 is 0 Å². The highest BCUT2D eigenvalue weighted by molar-refractivity contribution is 5.79. The van der Waals surface area contributed by atoms with Gasteiger partial charge in [0.1, 0.15) is 29.5 Å². The number of para-hydroxylation sites is 2. The second-order valence-electron chi connectivity index (χ2n) is 6.73. The summed E-state index contributed by atoms with van der Waals surface area (Å²) in [5.74, 6) is 3.35. The first-order valence-electron chi connectivity index (χ1n) is 9.41. The highest BCUT2D eigenvalue weighted by Crippen LogP contribution is 2.31. The summed E-state index contributed by atoms with van der Waals surface area (Å²) in [4.78, 5) is 16.0. The molecule has 0 aliphatic carbocycles. The van der Waals surface area contributed by atoms with Gasteiger partial charge in [0, 0.05) is 18.3 Å². The van der Waals surface area contributed by atoms with Crippen LogP contribution in [0.2, 0.25) is 0 Å². The average Bonchev–Trinajstić information content (AvgIpc) is 3.09. The van der Waals surface area contributed by atoms with Gasteiger partial charge in [0.25, 0.3) is 0 Å². The molecule has 2 heterocycles. The summed E-state index contributed by atoms with van der Waals surface area (Å²) in [5.41, 5.74) is 3.96. The minimum absolute atomic E-state index is 0.637. The van der Waals surface area contributed by atoms with Crippen molar-refractivity contribution in [2.75, 3.05) is 19.1 Å². The Morgan fingerprint density at radius 3 is 2.59 bits per heavy atom. The summed E-state index contributed by atoms with van der Waals surface area (Å²) in [6.07, 6.45) is 4.12. The van der Waals surface area contributed by atoms with Gasteiger partial charge in [-0.25, -0.2) is 15.0 Å². The monoisotopic (exact) mass is 385 g/mol. The van der Waals surface area contributed by atoms with Crippen molar-refractivity contribution < 1.29 is 4.74 Å². The first-order chi connectivity index (χ1) is 14.1. The number of aryl methyl sites for hydroxylation is 1. The van der Waals surface area contributed by atoms with Crippen molar-refractivity contribution >= 4 is 22.5 Å². The molecule has 4 aromatic rings. The molecule has 6 heteroatoms. The molecule has 0 N–H and O–H groups in total. The van der Waals surface area contributed by atoms with Gasteiger partial charge in [-0.2, -0.15) is 0 Å². The lowest BCUT2D eigenvalue weighted by Crippen LogP contribution is -2.16. The van der Waals surface area contributed by atoms with Crippen LogP contribution in [-0.4, -0.2) is 33.7 Å². The van der Waals surface area contributed by atoms with E-state index in [1.807, 2.05) is 62.5 Å². The van der Waals surface area contributed by atoms with Crippen molar-refractivity contribution in [3.63, 3.8) is 0 Å². The molecule has 0 unspecified atom stereocenters. The van der Waals surface area contributed by atoms with Gasteiger partial charge in [-0.3, -0.25) is 4.57 Å². The van der Waals surface area contributed by atoms with Crippen LogP contribution in [-0.2, 0) is 6.42 Å². The van der Waals surface area contributed by atoms with E-state index in [0.29, 0.717) is 6.42 Å². The van der Waals surface area contributed by atoms with E-state index < -0.39 is 0 Å². The summed E-state index contributed by atoms with van der Waals surface area (Å²) in [7, 11) is 3.66. The molecule has 6 nitrogen and oxygen atoms in total. The molecule has 4 rings (SSSR count). The molecule has 0 amide bonds. The van der Waals surface area contributed by atoms with E-state index in [-0.39, 0.29) is 0 Å². The SMILES string of the molecule is C=CCc1c(N(C)c2ccc(OC)cc2)ncnc1-n1c(C)nc2ccccc21. The number of ether oxygens (including phenoxy) is 1. The molecule has 29 heavy (non-hydrogen) atoms. The van der Waals surface area contributed by atoms with Gasteiger partial charge in [0.15, 0.2) is 0 Å². The molecule has 0 saturated heterocycles. The van der Waals surface area contributed by atoms with Crippen molar-refractivity contribution in [1.82, 2.24) is 19.5 Å². The van der Waals surface area contributed by atoms with E-state index >= 15 is 0 Å². The third-order valence-corrected chi connectivity index (χ3v) is 4.97. The number of allylic oxidation sites excluding steroid dienone is 1. The van der Waals surface area contributed by atoms with Crippen LogP contribution in [0.4, 0.5) is 11.5 Å². The summed E-state index contributed by atoms with van der Waals surface area (Å²) >= 11 is 0. The summed E-state index contributed by atoms with van der Waals surface area (Å²) < 4.78 is 7.36. The fourth-order valence-electron chi connectivity index (χ4n) is 3.54. The maximum atomic E-state index is 5.27. The molecule has 146 valence electrons. The number of hydrogen-bond acceptors (Lipinski definition) is 5. The fourth-order valence-corrected chi connectivity index (χ4v) is 3.54. The molecule has 0 radical (unpaired) electrons. The Kier molecular flexibility index (Phi) is 4.99. The number of fused-ring (bicyclic) bond motifs is 1. The Hall–Kier alpha value is -3.67. The molecule has 0 atom stereocenters. The number of hydrogen-bond donors (Lipinski definition) is 0. The molecule has 0 bridgehead atoms. The van der Waals surface area contributed by atoms with Crippen LogP contribution in [0, 0.1) is 6.92 Å². The van der Waals surface area contributed by atoms with E-state index in [2.05, 4.69) is 32.1 Å². The number of nitrogens with zero attached hydrogens (tertiary/aromatic N) is 5. The van der Waals surface area contributed by atoms with Crippen molar-refractivity contribution in [1.29, 1.82) is 0 Å². The average molecular weight is 385 g/mol. The first-order valence-corrected chi connectivity index (χ1v) is 9.41. The lowest BCUT2D eigenvalue weighted by molar-refractivity contribution is 0.415. The lowest BCUT2D eigenvalue weighted by atomic mass is 10.1. The Morgan fingerprint density at radius 2 is 1.86 bits per heavy atom. The third kappa shape index (κ3) is 3.33. The van der Waals surface area contributed by atoms with Gasteiger partial charge in [-0.15, -0.1) is 6.58 Å². The highest BCUT2D eigenvalue weighted by atomic mass is 16.5. The first kappa shape index (κ1) is 18.7. The Bertz CT molecular complexity index is 1160. The van der Waals surface area contributed by atoms with Gasteiger partial charge in [0.2, 0.25) is 0 Å². The van der Waals surface area contributed by atoms with Gasteiger partial charge < -0.3 is 9.64 Å². The third-order valence-electron chi connectivity index (χ3n) is 4.97. The molecule has 2 aromatic carbocycles. The van der Waals surface area contributed by atoms with E-state index in [1.165, 1.54) is 0 Å². The standard InChI is InChI=1S/C23H23N5O/c1-5-8-19-22(27(3)17-11-13-18(29-4)14-12-17)24-15-25-23(19)28-16(2)26-20-9-6-7-10-21(20)28/h5-7,9-15H,1,8H2,2-4H3. The summed E-state index contributed by atoms with van der Waals surface area (Å²) in [6.45, 7) is 5.94. The molecule has 0 saturated carbocycles. The van der Waals surface area contributed by atoms with Crippen LogP contribution in [0.1, 0.15) is 11.4 Å². The van der Waals surface area contributed by atoms with E-state index in [9.17, 15) is 0 Å². The van der Waals surface area contributed by atoms with Crippen LogP contribution in [0.3, 0.4) is 0 Å².